The van der Waals surface area contributed by atoms with Gasteiger partial charge in [-0.2, -0.15) is 0 Å². The molecule has 0 N–H and O–H groups in total. The van der Waals surface area contributed by atoms with Crippen molar-refractivity contribution in [1.29, 1.82) is 0 Å². The summed E-state index contributed by atoms with van der Waals surface area (Å²) < 4.78 is 1.74. The number of hydrogen-bond acceptors (Lipinski definition) is 5. The van der Waals surface area contributed by atoms with E-state index in [0.29, 0.717) is 36.8 Å². The summed E-state index contributed by atoms with van der Waals surface area (Å²) in [4.78, 5) is 32.2. The summed E-state index contributed by atoms with van der Waals surface area (Å²) in [6.07, 6.45) is 1.57. The van der Waals surface area contributed by atoms with E-state index in [1.165, 1.54) is 0 Å². The van der Waals surface area contributed by atoms with Crippen LogP contribution < -0.4 is 5.56 Å². The molecule has 0 aliphatic carbocycles. The third kappa shape index (κ3) is 2.85. The largest absolute Gasteiger partial charge is 0.336 e. The molecular weight excluding hydrogens is 366 g/mol. The summed E-state index contributed by atoms with van der Waals surface area (Å²) in [5, 5.41) is 8.75. The Balaban J connectivity index is 1.46. The highest BCUT2D eigenvalue weighted by Crippen LogP contribution is 2.41. The molecule has 3 aromatic rings. The first kappa shape index (κ1) is 17.7. The zero-order valence-corrected chi connectivity index (χ0v) is 16.2. The minimum Gasteiger partial charge on any atom is -0.336 e. The molecule has 29 heavy (non-hydrogen) atoms. The number of benzene rings is 1. The van der Waals surface area contributed by atoms with E-state index in [1.54, 1.807) is 10.6 Å². The number of nitrogens with zero attached hydrogens (tertiary/aromatic N) is 5. The monoisotopic (exact) mass is 387 g/mol. The Morgan fingerprint density at radius 2 is 1.79 bits per heavy atom. The Labute approximate surface area is 168 Å². The standard InChI is InChI=1S/C22H21N5O2/c1-15-6-5-9-17(23-15)19(28)26-12-10-22(14-26)11-13-27-20(29)18(24-25-21(22)27)16-7-3-2-4-8-16/h2-9H,10-14H2,1H3. The molecule has 2 aliphatic rings. The van der Waals surface area contributed by atoms with Gasteiger partial charge in [-0.25, -0.2) is 4.98 Å². The van der Waals surface area contributed by atoms with Crippen LogP contribution in [0.25, 0.3) is 11.3 Å². The predicted molar refractivity (Wildman–Crippen MR) is 108 cm³/mol. The van der Waals surface area contributed by atoms with Crippen LogP contribution in [0.3, 0.4) is 0 Å². The van der Waals surface area contributed by atoms with Gasteiger partial charge in [0.25, 0.3) is 11.5 Å². The van der Waals surface area contributed by atoms with Crippen molar-refractivity contribution in [3.63, 3.8) is 0 Å². The van der Waals surface area contributed by atoms with Gasteiger partial charge in [0, 0.05) is 30.9 Å². The lowest BCUT2D eigenvalue weighted by Gasteiger charge is -2.23. The van der Waals surface area contributed by atoms with E-state index in [2.05, 4.69) is 15.2 Å². The third-order valence-corrected chi connectivity index (χ3v) is 6.03. The number of rotatable bonds is 2. The molecule has 5 rings (SSSR count). The Kier molecular flexibility index (Phi) is 4.04. The lowest BCUT2D eigenvalue weighted by molar-refractivity contribution is 0.0777. The van der Waals surface area contributed by atoms with Gasteiger partial charge in [0.1, 0.15) is 11.5 Å². The topological polar surface area (TPSA) is 81.0 Å². The number of aryl methyl sites for hydroxylation is 1. The van der Waals surface area contributed by atoms with Crippen LogP contribution in [0.5, 0.6) is 0 Å². The minimum absolute atomic E-state index is 0.0692. The molecule has 0 radical (unpaired) electrons. The van der Waals surface area contributed by atoms with E-state index in [0.717, 1.165) is 24.1 Å². The van der Waals surface area contributed by atoms with Crippen molar-refractivity contribution in [2.75, 3.05) is 13.1 Å². The summed E-state index contributed by atoms with van der Waals surface area (Å²) in [7, 11) is 0. The Hall–Kier alpha value is -3.35. The number of pyridine rings is 1. The SMILES string of the molecule is Cc1cccc(C(=O)N2CCC3(CCn4c3nnc(-c3ccccc3)c4=O)C2)n1. The molecular formula is C22H21N5O2. The summed E-state index contributed by atoms with van der Waals surface area (Å²) >= 11 is 0. The normalized spacial score (nSPS) is 20.2. The fraction of sp³-hybridized carbons (Fsp3) is 0.318. The van der Waals surface area contributed by atoms with Crippen molar-refractivity contribution in [2.24, 2.45) is 0 Å². The van der Waals surface area contributed by atoms with Crippen LogP contribution in [0.4, 0.5) is 0 Å². The van der Waals surface area contributed by atoms with Gasteiger partial charge >= 0.3 is 0 Å². The van der Waals surface area contributed by atoms with Crippen LogP contribution in [0.1, 0.15) is 34.8 Å². The quantitative estimate of drug-likeness (QED) is 0.673. The second-order valence-electron chi connectivity index (χ2n) is 7.87. The van der Waals surface area contributed by atoms with Crippen molar-refractivity contribution < 1.29 is 4.79 Å². The van der Waals surface area contributed by atoms with Crippen LogP contribution >= 0.6 is 0 Å². The molecule has 1 saturated heterocycles. The highest BCUT2D eigenvalue weighted by atomic mass is 16.2. The van der Waals surface area contributed by atoms with Crippen molar-refractivity contribution in [3.05, 3.63) is 76.1 Å². The highest BCUT2D eigenvalue weighted by Gasteiger charge is 2.48. The molecule has 146 valence electrons. The molecule has 1 amide bonds. The fourth-order valence-electron chi connectivity index (χ4n) is 4.49. The van der Waals surface area contributed by atoms with Gasteiger partial charge in [-0.3, -0.25) is 14.2 Å². The van der Waals surface area contributed by atoms with E-state index in [1.807, 2.05) is 54.3 Å². The number of hydrogen-bond donors (Lipinski definition) is 0. The van der Waals surface area contributed by atoms with Crippen molar-refractivity contribution in [3.8, 4) is 11.3 Å². The van der Waals surface area contributed by atoms with E-state index in [4.69, 9.17) is 0 Å². The molecule has 1 atom stereocenters. The van der Waals surface area contributed by atoms with E-state index in [-0.39, 0.29) is 16.9 Å². The smallest absolute Gasteiger partial charge is 0.280 e. The van der Waals surface area contributed by atoms with Crippen LogP contribution in [-0.2, 0) is 12.0 Å². The molecule has 2 aliphatic heterocycles. The molecule has 2 aromatic heterocycles. The molecule has 7 nitrogen and oxygen atoms in total. The summed E-state index contributed by atoms with van der Waals surface area (Å²) in [5.41, 5.74) is 2.02. The van der Waals surface area contributed by atoms with Crippen molar-refractivity contribution in [2.45, 2.75) is 31.7 Å². The predicted octanol–water partition coefficient (Wildman–Crippen LogP) is 2.20. The zero-order chi connectivity index (χ0) is 20.0. The Morgan fingerprint density at radius 3 is 2.59 bits per heavy atom. The summed E-state index contributed by atoms with van der Waals surface area (Å²) in [6.45, 7) is 3.65. The number of carbonyl (C=O) groups is 1. The average Bonchev–Trinajstić information content (AvgIpc) is 3.34. The van der Waals surface area contributed by atoms with E-state index in [9.17, 15) is 9.59 Å². The first-order valence-corrected chi connectivity index (χ1v) is 9.84. The van der Waals surface area contributed by atoms with Crippen LogP contribution in [0.15, 0.2) is 53.3 Å². The molecule has 1 spiro atoms. The Morgan fingerprint density at radius 1 is 1.00 bits per heavy atom. The summed E-state index contributed by atoms with van der Waals surface area (Å²) in [5.74, 6) is 0.634. The fourth-order valence-corrected chi connectivity index (χ4v) is 4.49. The maximum Gasteiger partial charge on any atom is 0.280 e. The van der Waals surface area contributed by atoms with Crippen LogP contribution in [0, 0.1) is 6.92 Å². The van der Waals surface area contributed by atoms with Gasteiger partial charge in [0.05, 0.1) is 5.41 Å². The molecule has 7 heteroatoms. The van der Waals surface area contributed by atoms with Gasteiger partial charge in [-0.05, 0) is 31.9 Å². The molecule has 4 heterocycles. The second kappa shape index (κ2) is 6.62. The lowest BCUT2D eigenvalue weighted by atomic mass is 9.85. The third-order valence-electron chi connectivity index (χ3n) is 6.03. The molecule has 0 bridgehead atoms. The number of fused-ring (bicyclic) bond motifs is 2. The summed E-state index contributed by atoms with van der Waals surface area (Å²) in [6, 6.07) is 14.9. The molecule has 1 unspecified atom stereocenters. The highest BCUT2D eigenvalue weighted by molar-refractivity contribution is 5.92. The second-order valence-corrected chi connectivity index (χ2v) is 7.87. The van der Waals surface area contributed by atoms with Gasteiger partial charge < -0.3 is 4.90 Å². The average molecular weight is 387 g/mol. The van der Waals surface area contributed by atoms with Gasteiger partial charge in [-0.15, -0.1) is 10.2 Å². The number of amides is 1. The maximum atomic E-state index is 13.0. The molecule has 0 saturated carbocycles. The lowest BCUT2D eigenvalue weighted by Crippen LogP contribution is -2.35. The van der Waals surface area contributed by atoms with Gasteiger partial charge in [0.15, 0.2) is 5.69 Å². The van der Waals surface area contributed by atoms with Crippen molar-refractivity contribution >= 4 is 5.91 Å². The first-order chi connectivity index (χ1) is 14.1. The Bertz CT molecular complexity index is 1160. The van der Waals surface area contributed by atoms with Crippen LogP contribution in [-0.4, -0.2) is 43.6 Å². The van der Waals surface area contributed by atoms with Gasteiger partial charge in [0.2, 0.25) is 0 Å². The molecule has 1 fully saturated rings. The van der Waals surface area contributed by atoms with E-state index >= 15 is 0 Å². The van der Waals surface area contributed by atoms with Gasteiger partial charge in [-0.1, -0.05) is 36.4 Å². The van der Waals surface area contributed by atoms with Crippen LogP contribution in [0.2, 0.25) is 0 Å². The van der Waals surface area contributed by atoms with Crippen molar-refractivity contribution in [1.82, 2.24) is 24.6 Å². The maximum absolute atomic E-state index is 13.0. The van der Waals surface area contributed by atoms with E-state index < -0.39 is 0 Å². The number of carbonyl (C=O) groups excluding carboxylic acids is 1. The zero-order valence-electron chi connectivity index (χ0n) is 16.2. The molecule has 1 aromatic carbocycles. The first-order valence-electron chi connectivity index (χ1n) is 9.84. The number of aromatic nitrogens is 4. The minimum atomic E-state index is -0.305. The number of likely N-dealkylation sites (tertiary alicyclic amines) is 1.